The summed E-state index contributed by atoms with van der Waals surface area (Å²) in [5.41, 5.74) is 0. The molecule has 0 aromatic rings. The van der Waals surface area contributed by atoms with Crippen LogP contribution in [0.4, 0.5) is 0 Å². The molecule has 0 fully saturated rings. The molecule has 0 bridgehead atoms. The van der Waals surface area contributed by atoms with Gasteiger partial charge < -0.3 is 5.11 Å². The van der Waals surface area contributed by atoms with Crippen LogP contribution in [0.15, 0.2) is 0 Å². The lowest BCUT2D eigenvalue weighted by atomic mass is 10.5. The smallest absolute Gasteiger partial charge is 0.370 e. The first-order valence-corrected chi connectivity index (χ1v) is 5.47. The molecular weight excluding hydrogens is 195 g/mol. The maximum absolute atomic E-state index is 11.7. The highest BCUT2D eigenvalue weighted by Crippen LogP contribution is 2.51. The predicted octanol–water partition coefficient (Wildman–Crippen LogP) is 1.91. The van der Waals surface area contributed by atoms with Crippen molar-refractivity contribution < 1.29 is 24.6 Å². The predicted molar refractivity (Wildman–Crippen MR) is 48.2 cm³/mol. The zero-order chi connectivity index (χ0) is 11.4. The van der Waals surface area contributed by atoms with Crippen molar-refractivity contribution in [3.05, 3.63) is 0 Å². The number of phosphoric acid groups is 1. The van der Waals surface area contributed by atoms with Crippen molar-refractivity contribution in [1.29, 1.82) is 0 Å². The van der Waals surface area contributed by atoms with Crippen molar-refractivity contribution in [3.8, 4) is 0 Å². The van der Waals surface area contributed by atoms with Gasteiger partial charge in [0.15, 0.2) is 6.77 Å². The molecular formula is C7H17O5P. The van der Waals surface area contributed by atoms with E-state index in [4.69, 9.17) is 15.5 Å². The first-order chi connectivity index (χ1) is 6.25. The molecule has 0 aromatic carbocycles. The fourth-order valence-corrected chi connectivity index (χ4v) is 1.95. The van der Waals surface area contributed by atoms with Gasteiger partial charge in [-0.3, -0.25) is 13.6 Å². The first-order valence-electron chi connectivity index (χ1n) is 4.58. The van der Waals surface area contributed by atoms with E-state index in [1.807, 2.05) is 0 Å². The van der Waals surface area contributed by atoms with Gasteiger partial charge in [-0.25, -0.2) is 4.57 Å². The number of hydrogen-bond donors (Lipinski definition) is 1. The molecule has 13 heavy (non-hydrogen) atoms. The third kappa shape index (κ3) is 6.18. The zero-order valence-corrected chi connectivity index (χ0v) is 9.15. The average Bonchev–Trinajstić information content (AvgIpc) is 1.76. The molecule has 0 aliphatic rings. The van der Waals surface area contributed by atoms with E-state index in [1.54, 1.807) is 27.7 Å². The van der Waals surface area contributed by atoms with E-state index in [9.17, 15) is 4.57 Å². The highest BCUT2D eigenvalue weighted by atomic mass is 31.2. The van der Waals surface area contributed by atoms with Crippen LogP contribution in [-0.2, 0) is 18.1 Å². The SMILES string of the molecule is [2H][C@H](O)OP(=O)(OC(C)C)OC(C)C. The van der Waals surface area contributed by atoms with Crippen molar-refractivity contribution in [2.45, 2.75) is 39.9 Å². The lowest BCUT2D eigenvalue weighted by Gasteiger charge is -2.20. The van der Waals surface area contributed by atoms with Crippen molar-refractivity contribution in [2.75, 3.05) is 6.77 Å². The quantitative estimate of drug-likeness (QED) is 0.539. The molecule has 0 aliphatic heterocycles. The van der Waals surface area contributed by atoms with Crippen molar-refractivity contribution in [1.82, 2.24) is 0 Å². The van der Waals surface area contributed by atoms with Crippen LogP contribution in [0.25, 0.3) is 0 Å². The van der Waals surface area contributed by atoms with Gasteiger partial charge in [0.1, 0.15) is 0 Å². The van der Waals surface area contributed by atoms with E-state index in [0.717, 1.165) is 0 Å². The molecule has 0 saturated carbocycles. The van der Waals surface area contributed by atoms with Crippen LogP contribution in [0.2, 0.25) is 0 Å². The summed E-state index contributed by atoms with van der Waals surface area (Å²) in [6, 6.07) is 0. The maximum atomic E-state index is 11.7. The van der Waals surface area contributed by atoms with Gasteiger partial charge in [0, 0.05) is 0 Å². The van der Waals surface area contributed by atoms with Gasteiger partial charge in [-0.2, -0.15) is 0 Å². The minimum absolute atomic E-state index is 0.377. The Morgan fingerprint density at radius 3 is 1.92 bits per heavy atom. The number of aliphatic hydroxyl groups is 1. The summed E-state index contributed by atoms with van der Waals surface area (Å²) >= 11 is 0. The van der Waals surface area contributed by atoms with Gasteiger partial charge in [0.2, 0.25) is 0 Å². The van der Waals surface area contributed by atoms with Crippen LogP contribution in [0, 0.1) is 0 Å². The van der Waals surface area contributed by atoms with Crippen LogP contribution in [0.3, 0.4) is 0 Å². The van der Waals surface area contributed by atoms with Crippen molar-refractivity contribution >= 4 is 7.82 Å². The number of phosphoric ester groups is 1. The highest BCUT2D eigenvalue weighted by molar-refractivity contribution is 7.48. The number of rotatable bonds is 6. The summed E-state index contributed by atoms with van der Waals surface area (Å²) < 4.78 is 32.6. The monoisotopic (exact) mass is 213 g/mol. The molecule has 0 saturated heterocycles. The maximum Gasteiger partial charge on any atom is 0.477 e. The van der Waals surface area contributed by atoms with E-state index in [1.165, 1.54) is 0 Å². The Morgan fingerprint density at radius 1 is 1.31 bits per heavy atom. The first kappa shape index (κ1) is 11.1. The van der Waals surface area contributed by atoms with Crippen LogP contribution in [0.5, 0.6) is 0 Å². The second kappa shape index (κ2) is 5.73. The largest absolute Gasteiger partial charge is 0.477 e. The molecule has 1 atom stereocenters. The van der Waals surface area contributed by atoms with Crippen LogP contribution >= 0.6 is 7.82 Å². The average molecular weight is 213 g/mol. The van der Waals surface area contributed by atoms with Gasteiger partial charge >= 0.3 is 7.82 Å². The van der Waals surface area contributed by atoms with Gasteiger partial charge in [0.05, 0.1) is 13.6 Å². The number of hydrogen-bond acceptors (Lipinski definition) is 5. The molecule has 0 amide bonds. The minimum atomic E-state index is -3.83. The van der Waals surface area contributed by atoms with Crippen LogP contribution in [0.1, 0.15) is 29.1 Å². The van der Waals surface area contributed by atoms with Crippen LogP contribution < -0.4 is 0 Å². The fraction of sp³-hybridized carbons (Fsp3) is 1.00. The van der Waals surface area contributed by atoms with E-state index < -0.39 is 14.6 Å². The molecule has 0 spiro atoms. The van der Waals surface area contributed by atoms with E-state index >= 15 is 0 Å². The molecule has 6 heteroatoms. The topological polar surface area (TPSA) is 65.0 Å². The number of aliphatic hydroxyl groups excluding tert-OH is 1. The summed E-state index contributed by atoms with van der Waals surface area (Å²) in [6.45, 7) is 4.66. The Kier molecular flexibility index (Phi) is 4.91. The standard InChI is InChI=1S/C7H17O5P/c1-6(2)11-13(9,10-5-8)12-7(3)4/h6-8H,5H2,1-4H3/i5D/t5-/m1/s1. The molecule has 80 valence electrons. The zero-order valence-electron chi connectivity index (χ0n) is 9.26. The molecule has 1 N–H and O–H groups in total. The summed E-state index contributed by atoms with van der Waals surface area (Å²) in [4.78, 5) is 0. The summed E-state index contributed by atoms with van der Waals surface area (Å²) in [5.74, 6) is 0. The molecule has 0 rings (SSSR count). The normalized spacial score (nSPS) is 16.4. The molecule has 5 nitrogen and oxygen atoms in total. The Morgan fingerprint density at radius 2 is 1.69 bits per heavy atom. The minimum Gasteiger partial charge on any atom is -0.370 e. The van der Waals surface area contributed by atoms with E-state index in [0.29, 0.717) is 0 Å². The fourth-order valence-electron chi connectivity index (χ4n) is 0.649. The molecule has 0 unspecified atom stereocenters. The van der Waals surface area contributed by atoms with Gasteiger partial charge in [0.25, 0.3) is 0 Å². The van der Waals surface area contributed by atoms with Crippen molar-refractivity contribution in [3.63, 3.8) is 0 Å². The highest BCUT2D eigenvalue weighted by Gasteiger charge is 2.29. The summed E-state index contributed by atoms with van der Waals surface area (Å²) in [5, 5.41) is 8.63. The Hall–Kier alpha value is 0.0700. The second-order valence-electron chi connectivity index (χ2n) is 2.97. The Balaban J connectivity index is 4.41. The van der Waals surface area contributed by atoms with Gasteiger partial charge in [-0.1, -0.05) is 0 Å². The molecule has 0 aromatic heterocycles. The molecule has 0 radical (unpaired) electrons. The molecule has 0 heterocycles. The van der Waals surface area contributed by atoms with Gasteiger partial charge in [-0.05, 0) is 27.7 Å². The van der Waals surface area contributed by atoms with E-state index in [2.05, 4.69) is 4.52 Å². The molecule has 0 aliphatic carbocycles. The summed E-state index contributed by atoms with van der Waals surface area (Å²) in [7, 11) is -3.83. The van der Waals surface area contributed by atoms with Gasteiger partial charge in [-0.15, -0.1) is 0 Å². The van der Waals surface area contributed by atoms with Crippen LogP contribution in [-0.4, -0.2) is 24.1 Å². The lowest BCUT2D eigenvalue weighted by Crippen LogP contribution is -2.10. The van der Waals surface area contributed by atoms with E-state index in [-0.39, 0.29) is 12.2 Å². The third-order valence-electron chi connectivity index (χ3n) is 0.856. The third-order valence-corrected chi connectivity index (χ3v) is 2.57. The Labute approximate surface area is 80.0 Å². The summed E-state index contributed by atoms with van der Waals surface area (Å²) in [6.07, 6.45) is -0.753. The lowest BCUT2D eigenvalue weighted by molar-refractivity contribution is 0.0184. The van der Waals surface area contributed by atoms with Crippen molar-refractivity contribution in [2.24, 2.45) is 0 Å². The Bertz CT molecular complexity index is 173. The second-order valence-corrected chi connectivity index (χ2v) is 4.49.